The predicted octanol–water partition coefficient (Wildman–Crippen LogP) is 2.42. The number of nitrogens with one attached hydrogen (secondary N) is 1. The largest absolute Gasteiger partial charge is 0.367 e. The van der Waals surface area contributed by atoms with Crippen LogP contribution >= 0.6 is 0 Å². The molecule has 1 aliphatic heterocycles. The van der Waals surface area contributed by atoms with Crippen molar-refractivity contribution in [1.29, 1.82) is 0 Å². The first-order valence-electron chi connectivity index (χ1n) is 9.86. The molecule has 1 N–H and O–H groups in total. The zero-order valence-corrected chi connectivity index (χ0v) is 15.3. The molecule has 0 atom stereocenters. The van der Waals surface area contributed by atoms with E-state index in [2.05, 4.69) is 25.1 Å². The normalized spacial score (nSPS) is 19.9. The summed E-state index contributed by atoms with van der Waals surface area (Å²) in [6.07, 6.45) is 8.20. The number of carbonyl (C=O) groups is 1. The molecule has 1 saturated heterocycles. The van der Waals surface area contributed by atoms with E-state index in [1.165, 1.54) is 12.8 Å². The Morgan fingerprint density at radius 2 is 1.74 bits per heavy atom. The number of rotatable bonds is 5. The van der Waals surface area contributed by atoms with E-state index in [9.17, 15) is 4.79 Å². The Balaban J connectivity index is 1.19. The zero-order chi connectivity index (χ0) is 18.2. The van der Waals surface area contributed by atoms with Crippen molar-refractivity contribution in [2.45, 2.75) is 31.6 Å². The molecule has 0 spiro atoms. The maximum Gasteiger partial charge on any atom is 0.228 e. The van der Waals surface area contributed by atoms with Crippen LogP contribution in [0.15, 0.2) is 30.6 Å². The fraction of sp³-hybridized carbons (Fsp3) is 0.500. The van der Waals surface area contributed by atoms with Crippen molar-refractivity contribution in [3.63, 3.8) is 0 Å². The minimum atomic E-state index is 0.0966. The average Bonchev–Trinajstić information content (AvgIpc) is 3.61. The summed E-state index contributed by atoms with van der Waals surface area (Å²) in [6, 6.07) is 5.95. The minimum absolute atomic E-state index is 0.0966. The molecule has 0 bridgehead atoms. The minimum Gasteiger partial charge on any atom is -0.367 e. The third-order valence-corrected chi connectivity index (χ3v) is 5.52. The van der Waals surface area contributed by atoms with Crippen molar-refractivity contribution >= 4 is 23.2 Å². The number of anilines is 3. The number of amides is 1. The molecule has 140 valence electrons. The number of piperazine rings is 1. The Bertz CT molecular complexity index is 823. The molecule has 1 amide bonds. The molecular formula is C20H24N6O. The monoisotopic (exact) mass is 364 g/mol. The summed E-state index contributed by atoms with van der Waals surface area (Å²) in [4.78, 5) is 30.1. The molecule has 2 aliphatic carbocycles. The van der Waals surface area contributed by atoms with Crippen molar-refractivity contribution in [3.05, 3.63) is 36.4 Å². The van der Waals surface area contributed by atoms with Gasteiger partial charge in [0.2, 0.25) is 5.91 Å². The first-order chi connectivity index (χ1) is 13.3. The fourth-order valence-corrected chi connectivity index (χ4v) is 3.49. The number of carbonyl (C=O) groups excluding carboxylic acids is 1. The predicted molar refractivity (Wildman–Crippen MR) is 104 cm³/mol. The van der Waals surface area contributed by atoms with Crippen LogP contribution in [0.2, 0.25) is 0 Å². The maximum absolute atomic E-state index is 11.8. The zero-order valence-electron chi connectivity index (χ0n) is 15.3. The van der Waals surface area contributed by atoms with Gasteiger partial charge in [-0.25, -0.2) is 15.0 Å². The third kappa shape index (κ3) is 3.72. The van der Waals surface area contributed by atoms with Crippen LogP contribution in [-0.4, -0.2) is 47.0 Å². The number of pyridine rings is 1. The molecule has 3 heterocycles. The van der Waals surface area contributed by atoms with Gasteiger partial charge in [0.15, 0.2) is 0 Å². The molecular weight excluding hydrogens is 340 g/mol. The van der Waals surface area contributed by atoms with Gasteiger partial charge in [0, 0.05) is 44.2 Å². The van der Waals surface area contributed by atoms with Gasteiger partial charge in [-0.15, -0.1) is 0 Å². The first kappa shape index (κ1) is 16.5. The smallest absolute Gasteiger partial charge is 0.228 e. The van der Waals surface area contributed by atoms with Crippen LogP contribution in [0.4, 0.5) is 17.3 Å². The van der Waals surface area contributed by atoms with E-state index in [1.807, 2.05) is 30.6 Å². The number of hydrogen-bond acceptors (Lipinski definition) is 6. The van der Waals surface area contributed by atoms with E-state index < -0.39 is 0 Å². The second-order valence-electron chi connectivity index (χ2n) is 7.69. The highest BCUT2D eigenvalue weighted by Crippen LogP contribution is 2.38. The van der Waals surface area contributed by atoms with Gasteiger partial charge in [0.25, 0.3) is 0 Å². The second kappa shape index (κ2) is 6.79. The molecule has 27 heavy (non-hydrogen) atoms. The van der Waals surface area contributed by atoms with Crippen molar-refractivity contribution in [2.75, 3.05) is 41.3 Å². The summed E-state index contributed by atoms with van der Waals surface area (Å²) >= 11 is 0. The summed E-state index contributed by atoms with van der Waals surface area (Å²) in [5.41, 5.74) is 1.10. The number of aromatic nitrogens is 3. The lowest BCUT2D eigenvalue weighted by atomic mass is 10.2. The van der Waals surface area contributed by atoms with Crippen LogP contribution in [0.3, 0.4) is 0 Å². The van der Waals surface area contributed by atoms with Gasteiger partial charge in [0.1, 0.15) is 17.5 Å². The van der Waals surface area contributed by atoms with Crippen molar-refractivity contribution in [3.8, 4) is 0 Å². The second-order valence-corrected chi connectivity index (χ2v) is 7.69. The van der Waals surface area contributed by atoms with Crippen molar-refractivity contribution < 1.29 is 4.79 Å². The van der Waals surface area contributed by atoms with E-state index in [-0.39, 0.29) is 11.8 Å². The number of nitrogens with zero attached hydrogens (tertiary/aromatic N) is 5. The van der Waals surface area contributed by atoms with Crippen LogP contribution in [-0.2, 0) is 4.79 Å². The Morgan fingerprint density at radius 3 is 2.41 bits per heavy atom. The molecule has 0 aromatic carbocycles. The van der Waals surface area contributed by atoms with Gasteiger partial charge in [-0.2, -0.15) is 0 Å². The summed E-state index contributed by atoms with van der Waals surface area (Å²) in [5.74, 6) is 3.56. The maximum atomic E-state index is 11.8. The lowest BCUT2D eigenvalue weighted by molar-refractivity contribution is -0.117. The highest BCUT2D eigenvalue weighted by Gasteiger charge is 2.30. The third-order valence-electron chi connectivity index (χ3n) is 5.52. The molecule has 2 aromatic rings. The van der Waals surface area contributed by atoms with Gasteiger partial charge in [-0.05, 0) is 43.9 Å². The van der Waals surface area contributed by atoms with E-state index in [0.29, 0.717) is 11.7 Å². The number of hydrogen-bond donors (Lipinski definition) is 1. The van der Waals surface area contributed by atoms with Gasteiger partial charge < -0.3 is 15.1 Å². The molecule has 7 nitrogen and oxygen atoms in total. The first-order valence-corrected chi connectivity index (χ1v) is 9.86. The Labute approximate surface area is 158 Å². The van der Waals surface area contributed by atoms with Gasteiger partial charge in [-0.1, -0.05) is 0 Å². The van der Waals surface area contributed by atoms with Crippen LogP contribution in [0.5, 0.6) is 0 Å². The van der Waals surface area contributed by atoms with Gasteiger partial charge >= 0.3 is 0 Å². The average molecular weight is 364 g/mol. The Hall–Kier alpha value is -2.70. The summed E-state index contributed by atoms with van der Waals surface area (Å²) in [5, 5.41) is 2.89. The molecule has 3 aliphatic rings. The molecule has 5 rings (SSSR count). The van der Waals surface area contributed by atoms with Crippen LogP contribution in [0, 0.1) is 5.92 Å². The van der Waals surface area contributed by atoms with E-state index in [4.69, 9.17) is 4.98 Å². The van der Waals surface area contributed by atoms with Crippen LogP contribution in [0.1, 0.15) is 37.4 Å². The molecule has 2 saturated carbocycles. The van der Waals surface area contributed by atoms with Crippen molar-refractivity contribution in [1.82, 2.24) is 15.0 Å². The van der Waals surface area contributed by atoms with Crippen molar-refractivity contribution in [2.24, 2.45) is 5.92 Å². The Kier molecular flexibility index (Phi) is 4.14. The molecule has 7 heteroatoms. The highest BCUT2D eigenvalue weighted by molar-refractivity contribution is 5.93. The quantitative estimate of drug-likeness (QED) is 0.878. The summed E-state index contributed by atoms with van der Waals surface area (Å²) in [7, 11) is 0. The van der Waals surface area contributed by atoms with E-state index >= 15 is 0 Å². The summed E-state index contributed by atoms with van der Waals surface area (Å²) in [6.45, 7) is 3.72. The Morgan fingerprint density at radius 1 is 0.963 bits per heavy atom. The van der Waals surface area contributed by atoms with Gasteiger partial charge in [-0.3, -0.25) is 4.79 Å². The SMILES string of the molecule is O=C(Nc1ccc(N2CCN(c3ccnc(C4CC4)n3)CC2)cn1)C1CC1. The lowest BCUT2D eigenvalue weighted by Gasteiger charge is -2.36. The fourth-order valence-electron chi connectivity index (χ4n) is 3.49. The molecule has 0 unspecified atom stereocenters. The standard InChI is InChI=1S/C20H24N6O/c27-20(15-3-4-15)23-17-6-5-16(13-22-17)25-9-11-26(12-10-25)18-7-8-21-19(24-18)14-1-2-14/h5-8,13-15H,1-4,9-12H2,(H,22,23,27). The molecule has 0 radical (unpaired) electrons. The highest BCUT2D eigenvalue weighted by atomic mass is 16.2. The summed E-state index contributed by atoms with van der Waals surface area (Å²) < 4.78 is 0. The van der Waals surface area contributed by atoms with E-state index in [0.717, 1.165) is 56.4 Å². The van der Waals surface area contributed by atoms with Crippen LogP contribution in [0.25, 0.3) is 0 Å². The molecule has 3 fully saturated rings. The van der Waals surface area contributed by atoms with Crippen LogP contribution < -0.4 is 15.1 Å². The van der Waals surface area contributed by atoms with Gasteiger partial charge in [0.05, 0.1) is 11.9 Å². The van der Waals surface area contributed by atoms with E-state index in [1.54, 1.807) is 0 Å². The topological polar surface area (TPSA) is 74.2 Å². The molecule has 2 aromatic heterocycles. The lowest BCUT2D eigenvalue weighted by Crippen LogP contribution is -2.47.